The van der Waals surface area contributed by atoms with Crippen LogP contribution in [0.25, 0.3) is 0 Å². The Morgan fingerprint density at radius 1 is 1.47 bits per heavy atom. The largest absolute Gasteiger partial charge is 0.480 e. The second-order valence-corrected chi connectivity index (χ2v) is 5.17. The van der Waals surface area contributed by atoms with E-state index in [4.69, 9.17) is 14.6 Å². The molecular weight excluding hydrogens is 226 g/mol. The van der Waals surface area contributed by atoms with Crippen molar-refractivity contribution in [2.24, 2.45) is 5.41 Å². The van der Waals surface area contributed by atoms with Crippen molar-refractivity contribution in [1.82, 2.24) is 5.32 Å². The van der Waals surface area contributed by atoms with E-state index in [-0.39, 0.29) is 6.10 Å². The lowest BCUT2D eigenvalue weighted by Crippen LogP contribution is -2.49. The molecule has 0 aromatic carbocycles. The van der Waals surface area contributed by atoms with E-state index < -0.39 is 23.5 Å². The maximum absolute atomic E-state index is 11.5. The van der Waals surface area contributed by atoms with Crippen LogP contribution in [0.1, 0.15) is 27.2 Å². The van der Waals surface area contributed by atoms with Gasteiger partial charge in [-0.25, -0.2) is 9.59 Å². The quantitative estimate of drug-likeness (QED) is 0.774. The number of hydrogen-bond acceptors (Lipinski definition) is 4. The molecule has 0 aromatic rings. The molecule has 1 fully saturated rings. The monoisotopic (exact) mass is 245 g/mol. The molecule has 0 radical (unpaired) electrons. The van der Waals surface area contributed by atoms with Gasteiger partial charge in [0.05, 0.1) is 13.2 Å². The Morgan fingerprint density at radius 3 is 2.53 bits per heavy atom. The summed E-state index contributed by atoms with van der Waals surface area (Å²) in [5, 5.41) is 11.4. The Morgan fingerprint density at radius 2 is 2.12 bits per heavy atom. The van der Waals surface area contributed by atoms with Crippen LogP contribution >= 0.6 is 0 Å². The van der Waals surface area contributed by atoms with Gasteiger partial charge in [0.15, 0.2) is 0 Å². The lowest BCUT2D eigenvalue weighted by molar-refractivity contribution is -0.142. The van der Waals surface area contributed by atoms with Crippen LogP contribution in [0.2, 0.25) is 0 Å². The van der Waals surface area contributed by atoms with Crippen LogP contribution in [0.15, 0.2) is 0 Å². The van der Waals surface area contributed by atoms with E-state index in [1.54, 1.807) is 20.8 Å². The molecule has 0 spiro atoms. The third-order valence-electron chi connectivity index (χ3n) is 2.54. The minimum absolute atomic E-state index is 0.274. The normalized spacial score (nSPS) is 21.9. The summed E-state index contributed by atoms with van der Waals surface area (Å²) in [5.74, 6) is -1.07. The summed E-state index contributed by atoms with van der Waals surface area (Å²) in [6.07, 6.45) is -0.326. The number of nitrogens with one attached hydrogen (secondary N) is 1. The van der Waals surface area contributed by atoms with Gasteiger partial charge in [0.2, 0.25) is 0 Å². The maximum Gasteiger partial charge on any atom is 0.408 e. The summed E-state index contributed by atoms with van der Waals surface area (Å²) in [6.45, 7) is 6.17. The molecule has 1 heterocycles. The Balaban J connectivity index is 2.49. The number of carbonyl (C=O) groups excluding carboxylic acids is 1. The second-order valence-electron chi connectivity index (χ2n) is 5.17. The average molecular weight is 245 g/mol. The fourth-order valence-corrected chi connectivity index (χ4v) is 1.56. The van der Waals surface area contributed by atoms with Crippen molar-refractivity contribution >= 4 is 12.1 Å². The van der Waals surface area contributed by atoms with E-state index in [2.05, 4.69) is 5.32 Å². The van der Waals surface area contributed by atoms with Gasteiger partial charge in [0.25, 0.3) is 0 Å². The molecule has 0 aliphatic carbocycles. The van der Waals surface area contributed by atoms with Gasteiger partial charge < -0.3 is 19.9 Å². The number of carboxylic acid groups (broad SMARTS) is 1. The van der Waals surface area contributed by atoms with Crippen LogP contribution in [0, 0.1) is 5.41 Å². The lowest BCUT2D eigenvalue weighted by atomic mass is 9.87. The molecule has 0 saturated carbocycles. The predicted molar refractivity (Wildman–Crippen MR) is 59.7 cm³/mol. The van der Waals surface area contributed by atoms with E-state index in [9.17, 15) is 9.59 Å². The van der Waals surface area contributed by atoms with Gasteiger partial charge in [-0.15, -0.1) is 0 Å². The highest BCUT2D eigenvalue weighted by atomic mass is 16.6. The van der Waals surface area contributed by atoms with Gasteiger partial charge in [0, 0.05) is 6.42 Å². The number of hydrogen-bond donors (Lipinski definition) is 2. The standard InChI is InChI=1S/C11H19NO5/c1-11(2,3)8(9(13)14)12-10(15)17-7-4-5-16-6-7/h7-8H,4-6H2,1-3H3,(H,12,15)(H,13,14). The number of carboxylic acids is 1. The number of rotatable bonds is 3. The Labute approximate surface area is 100 Å². The zero-order valence-electron chi connectivity index (χ0n) is 10.4. The summed E-state index contributed by atoms with van der Waals surface area (Å²) in [6, 6.07) is -0.975. The third kappa shape index (κ3) is 4.22. The maximum atomic E-state index is 11.5. The molecule has 2 unspecified atom stereocenters. The molecule has 6 nitrogen and oxygen atoms in total. The van der Waals surface area contributed by atoms with Crippen LogP contribution < -0.4 is 5.32 Å². The van der Waals surface area contributed by atoms with Crippen molar-refractivity contribution in [2.75, 3.05) is 13.2 Å². The van der Waals surface area contributed by atoms with Crippen LogP contribution in [0.3, 0.4) is 0 Å². The van der Waals surface area contributed by atoms with E-state index in [1.165, 1.54) is 0 Å². The number of amides is 1. The summed E-state index contributed by atoms with van der Waals surface area (Å²) >= 11 is 0. The highest BCUT2D eigenvalue weighted by molar-refractivity contribution is 5.80. The van der Waals surface area contributed by atoms with Gasteiger partial charge >= 0.3 is 12.1 Å². The van der Waals surface area contributed by atoms with Gasteiger partial charge in [-0.1, -0.05) is 20.8 Å². The zero-order valence-corrected chi connectivity index (χ0v) is 10.4. The second kappa shape index (κ2) is 5.35. The van der Waals surface area contributed by atoms with Crippen molar-refractivity contribution in [1.29, 1.82) is 0 Å². The predicted octanol–water partition coefficient (Wildman–Crippen LogP) is 1.00. The molecule has 6 heteroatoms. The summed E-state index contributed by atoms with van der Waals surface area (Å²) in [7, 11) is 0. The molecule has 98 valence electrons. The third-order valence-corrected chi connectivity index (χ3v) is 2.54. The first-order valence-corrected chi connectivity index (χ1v) is 5.58. The van der Waals surface area contributed by atoms with Crippen molar-refractivity contribution in [2.45, 2.75) is 39.3 Å². The topological polar surface area (TPSA) is 84.9 Å². The Bertz CT molecular complexity index is 291. The van der Waals surface area contributed by atoms with Gasteiger partial charge in [-0.2, -0.15) is 0 Å². The van der Waals surface area contributed by atoms with Crippen molar-refractivity contribution in [3.05, 3.63) is 0 Å². The van der Waals surface area contributed by atoms with Crippen LogP contribution in [0.5, 0.6) is 0 Å². The van der Waals surface area contributed by atoms with Gasteiger partial charge in [-0.05, 0) is 5.41 Å². The van der Waals surface area contributed by atoms with E-state index in [0.717, 1.165) is 0 Å². The van der Waals surface area contributed by atoms with E-state index >= 15 is 0 Å². The summed E-state index contributed by atoms with van der Waals surface area (Å²) < 4.78 is 10.1. The fraction of sp³-hybridized carbons (Fsp3) is 0.818. The molecule has 0 bridgehead atoms. The SMILES string of the molecule is CC(C)(C)C(NC(=O)OC1CCOC1)C(=O)O. The number of carbonyl (C=O) groups is 2. The van der Waals surface area contributed by atoms with Crippen LogP contribution in [-0.2, 0) is 14.3 Å². The van der Waals surface area contributed by atoms with Crippen molar-refractivity contribution in [3.63, 3.8) is 0 Å². The lowest BCUT2D eigenvalue weighted by Gasteiger charge is -2.27. The first kappa shape index (κ1) is 13.8. The summed E-state index contributed by atoms with van der Waals surface area (Å²) in [5.41, 5.74) is -0.572. The minimum atomic E-state index is -1.07. The van der Waals surface area contributed by atoms with Crippen LogP contribution in [0.4, 0.5) is 4.79 Å². The average Bonchev–Trinajstić information content (AvgIpc) is 2.64. The Kier molecular flexibility index (Phi) is 4.34. The fourth-order valence-electron chi connectivity index (χ4n) is 1.56. The molecule has 1 aliphatic rings. The van der Waals surface area contributed by atoms with E-state index in [1.807, 2.05) is 0 Å². The van der Waals surface area contributed by atoms with Crippen molar-refractivity contribution in [3.8, 4) is 0 Å². The zero-order chi connectivity index (χ0) is 13.1. The molecule has 2 N–H and O–H groups in total. The molecule has 0 aromatic heterocycles. The molecule has 17 heavy (non-hydrogen) atoms. The van der Waals surface area contributed by atoms with Gasteiger partial charge in [-0.3, -0.25) is 0 Å². The number of ether oxygens (including phenoxy) is 2. The first-order valence-electron chi connectivity index (χ1n) is 5.58. The number of alkyl carbamates (subject to hydrolysis) is 1. The minimum Gasteiger partial charge on any atom is -0.480 e. The first-order chi connectivity index (χ1) is 7.80. The highest BCUT2D eigenvalue weighted by Gasteiger charge is 2.33. The molecule has 1 rings (SSSR count). The smallest absolute Gasteiger partial charge is 0.408 e. The van der Waals surface area contributed by atoms with Crippen LogP contribution in [-0.4, -0.2) is 42.5 Å². The van der Waals surface area contributed by atoms with E-state index in [0.29, 0.717) is 19.6 Å². The summed E-state index contributed by atoms with van der Waals surface area (Å²) in [4.78, 5) is 22.5. The number of aliphatic carboxylic acids is 1. The molecule has 1 amide bonds. The van der Waals surface area contributed by atoms with Crippen molar-refractivity contribution < 1.29 is 24.2 Å². The molecular formula is C11H19NO5. The Hall–Kier alpha value is -1.30. The van der Waals surface area contributed by atoms with Gasteiger partial charge in [0.1, 0.15) is 12.1 Å². The highest BCUT2D eigenvalue weighted by Crippen LogP contribution is 2.19. The molecule has 2 atom stereocenters. The molecule has 1 aliphatic heterocycles. The molecule has 1 saturated heterocycles.